The Kier molecular flexibility index (Phi) is 4.83. The molecule has 0 heterocycles. The maximum absolute atomic E-state index is 11.8. The molecule has 18 heavy (non-hydrogen) atoms. The van der Waals surface area contributed by atoms with Gasteiger partial charge < -0.3 is 15.0 Å². The molecule has 1 aromatic rings. The topological polar surface area (TPSA) is 107 Å². The number of hydrogen-bond acceptors (Lipinski definition) is 5. The van der Waals surface area contributed by atoms with Crippen molar-refractivity contribution in [1.82, 2.24) is 4.72 Å². The molecular weight excluding hydrogens is 258 g/mol. The summed E-state index contributed by atoms with van der Waals surface area (Å²) >= 11 is 0. The van der Waals surface area contributed by atoms with E-state index in [1.54, 1.807) is 6.92 Å². The fraction of sp³-hybridized carbons (Fsp3) is 0.364. The van der Waals surface area contributed by atoms with E-state index in [1.807, 2.05) is 0 Å². The molecule has 1 aromatic carbocycles. The van der Waals surface area contributed by atoms with Crippen molar-refractivity contribution in [1.29, 1.82) is 0 Å². The zero-order valence-corrected chi connectivity index (χ0v) is 10.7. The van der Waals surface area contributed by atoms with E-state index < -0.39 is 16.0 Å². The third kappa shape index (κ3) is 3.52. The van der Waals surface area contributed by atoms with Crippen LogP contribution in [0.4, 0.5) is 0 Å². The highest BCUT2D eigenvalue weighted by molar-refractivity contribution is 7.89. The van der Waals surface area contributed by atoms with Crippen molar-refractivity contribution < 1.29 is 23.4 Å². The quantitative estimate of drug-likeness (QED) is 0.647. The van der Waals surface area contributed by atoms with Crippen LogP contribution in [0.2, 0.25) is 0 Å². The van der Waals surface area contributed by atoms with Gasteiger partial charge in [0.05, 0.1) is 10.9 Å². The normalized spacial score (nSPS) is 11.4. The molecule has 0 saturated carbocycles. The average molecular weight is 272 g/mol. The fourth-order valence-corrected chi connectivity index (χ4v) is 2.46. The van der Waals surface area contributed by atoms with Crippen molar-refractivity contribution in [3.63, 3.8) is 0 Å². The van der Waals surface area contributed by atoms with Gasteiger partial charge in [-0.25, -0.2) is 13.1 Å². The number of benzene rings is 1. The van der Waals surface area contributed by atoms with Gasteiger partial charge in [0.25, 0.3) is 0 Å². The van der Waals surface area contributed by atoms with E-state index in [2.05, 4.69) is 4.72 Å². The van der Waals surface area contributed by atoms with Crippen LogP contribution in [0.5, 0.6) is 0 Å². The van der Waals surface area contributed by atoms with Crippen LogP contribution in [0.3, 0.4) is 0 Å². The second-order valence-electron chi connectivity index (χ2n) is 3.74. The number of rotatable bonds is 6. The molecule has 0 atom stereocenters. The first kappa shape index (κ1) is 14.6. The third-order valence-corrected chi connectivity index (χ3v) is 3.82. The summed E-state index contributed by atoms with van der Waals surface area (Å²) in [5.74, 6) is -1.42. The second-order valence-corrected chi connectivity index (χ2v) is 5.51. The number of sulfonamides is 1. The number of aliphatic hydroxyl groups excluding tert-OH is 1. The van der Waals surface area contributed by atoms with E-state index in [9.17, 15) is 18.3 Å². The van der Waals surface area contributed by atoms with Gasteiger partial charge in [0.15, 0.2) is 0 Å². The lowest BCUT2D eigenvalue weighted by Crippen LogP contribution is -2.27. The summed E-state index contributed by atoms with van der Waals surface area (Å²) < 4.78 is 25.8. The monoisotopic (exact) mass is 272 g/mol. The van der Waals surface area contributed by atoms with Crippen LogP contribution >= 0.6 is 0 Å². The predicted octanol–water partition coefficient (Wildman–Crippen LogP) is -0.981. The first-order valence-corrected chi connectivity index (χ1v) is 6.79. The van der Waals surface area contributed by atoms with Gasteiger partial charge >= 0.3 is 0 Å². The highest BCUT2D eigenvalue weighted by Gasteiger charge is 2.14. The number of aromatic carboxylic acids is 1. The molecule has 2 N–H and O–H groups in total. The smallest absolute Gasteiger partial charge is 0.240 e. The van der Waals surface area contributed by atoms with Gasteiger partial charge in [-0.15, -0.1) is 0 Å². The zero-order chi connectivity index (χ0) is 13.8. The van der Waals surface area contributed by atoms with Crippen LogP contribution in [0.15, 0.2) is 23.1 Å². The molecule has 0 aliphatic heterocycles. The molecular formula is C11H14NO5S-. The Hall–Kier alpha value is -1.44. The van der Waals surface area contributed by atoms with E-state index in [1.165, 1.54) is 12.1 Å². The van der Waals surface area contributed by atoms with Crippen molar-refractivity contribution in [2.24, 2.45) is 0 Å². The van der Waals surface area contributed by atoms with E-state index in [0.29, 0.717) is 12.0 Å². The van der Waals surface area contributed by atoms with Gasteiger partial charge in [-0.3, -0.25) is 0 Å². The molecule has 0 saturated heterocycles. The Balaban J connectivity index is 3.02. The van der Waals surface area contributed by atoms with Crippen molar-refractivity contribution in [3.05, 3.63) is 29.3 Å². The van der Waals surface area contributed by atoms with Gasteiger partial charge in [0.2, 0.25) is 10.0 Å². The molecule has 100 valence electrons. The summed E-state index contributed by atoms with van der Waals surface area (Å²) in [6.07, 6.45) is 0.290. The molecule has 6 nitrogen and oxygen atoms in total. The van der Waals surface area contributed by atoms with Gasteiger partial charge in [0.1, 0.15) is 0 Å². The Bertz CT molecular complexity index is 538. The standard InChI is InChI=1S/C11H15NO5S/c1-8-3-4-9(7-10(8)11(14)15)18(16,17)12-5-2-6-13/h3-4,7,12-13H,2,5-6H2,1H3,(H,14,15)/p-1. The Labute approximate surface area is 105 Å². The first-order chi connectivity index (χ1) is 8.38. The van der Waals surface area contributed by atoms with Crippen molar-refractivity contribution in [2.45, 2.75) is 18.2 Å². The lowest BCUT2D eigenvalue weighted by atomic mass is 10.1. The summed E-state index contributed by atoms with van der Waals surface area (Å²) in [4.78, 5) is 10.7. The minimum Gasteiger partial charge on any atom is -0.545 e. The van der Waals surface area contributed by atoms with Crippen LogP contribution in [-0.2, 0) is 10.0 Å². The lowest BCUT2D eigenvalue weighted by Gasteiger charge is -2.10. The Morgan fingerprint density at radius 2 is 2.11 bits per heavy atom. The largest absolute Gasteiger partial charge is 0.545 e. The van der Waals surface area contributed by atoms with Crippen LogP contribution in [-0.4, -0.2) is 32.6 Å². The predicted molar refractivity (Wildman–Crippen MR) is 62.4 cm³/mol. The molecule has 0 unspecified atom stereocenters. The van der Waals surface area contributed by atoms with E-state index in [0.717, 1.165) is 6.07 Å². The van der Waals surface area contributed by atoms with E-state index in [-0.39, 0.29) is 23.6 Å². The summed E-state index contributed by atoms with van der Waals surface area (Å²) in [6, 6.07) is 3.79. The van der Waals surface area contributed by atoms with Crippen molar-refractivity contribution in [2.75, 3.05) is 13.2 Å². The fourth-order valence-electron chi connectivity index (χ4n) is 1.36. The Morgan fingerprint density at radius 3 is 2.67 bits per heavy atom. The van der Waals surface area contributed by atoms with Crippen molar-refractivity contribution >= 4 is 16.0 Å². The minimum absolute atomic E-state index is 0.0906. The summed E-state index contributed by atoms with van der Waals surface area (Å²) in [5, 5.41) is 19.4. The highest BCUT2D eigenvalue weighted by atomic mass is 32.2. The molecule has 0 bridgehead atoms. The van der Waals surface area contributed by atoms with Gasteiger partial charge in [-0.1, -0.05) is 6.07 Å². The molecule has 1 rings (SSSR count). The molecule has 0 radical (unpaired) electrons. The minimum atomic E-state index is -3.76. The number of carbonyl (C=O) groups is 1. The number of hydrogen-bond donors (Lipinski definition) is 2. The molecule has 0 fully saturated rings. The molecule has 0 aliphatic rings. The molecule has 0 aromatic heterocycles. The van der Waals surface area contributed by atoms with Crippen LogP contribution in [0.25, 0.3) is 0 Å². The number of carboxylic acids is 1. The summed E-state index contributed by atoms with van der Waals surface area (Å²) in [5.41, 5.74) is 0.282. The highest BCUT2D eigenvalue weighted by Crippen LogP contribution is 2.15. The third-order valence-electron chi connectivity index (χ3n) is 2.37. The van der Waals surface area contributed by atoms with E-state index in [4.69, 9.17) is 5.11 Å². The molecule has 0 amide bonds. The number of carboxylic acid groups (broad SMARTS) is 1. The average Bonchev–Trinajstić information content (AvgIpc) is 2.29. The van der Waals surface area contributed by atoms with Crippen LogP contribution in [0, 0.1) is 6.92 Å². The summed E-state index contributed by atoms with van der Waals surface area (Å²) in [6.45, 7) is 1.52. The van der Waals surface area contributed by atoms with Gasteiger partial charge in [-0.05, 0) is 31.0 Å². The van der Waals surface area contributed by atoms with E-state index >= 15 is 0 Å². The maximum Gasteiger partial charge on any atom is 0.240 e. The Morgan fingerprint density at radius 1 is 1.44 bits per heavy atom. The SMILES string of the molecule is Cc1ccc(S(=O)(=O)NCCCO)cc1C(=O)[O-]. The molecule has 0 spiro atoms. The van der Waals surface area contributed by atoms with Gasteiger partial charge in [-0.2, -0.15) is 0 Å². The number of aryl methyl sites for hydroxylation is 1. The number of carbonyl (C=O) groups excluding carboxylic acids is 1. The van der Waals surface area contributed by atoms with Crippen molar-refractivity contribution in [3.8, 4) is 0 Å². The number of aliphatic hydroxyl groups is 1. The zero-order valence-electron chi connectivity index (χ0n) is 9.84. The van der Waals surface area contributed by atoms with Crippen LogP contribution in [0.1, 0.15) is 22.3 Å². The molecule has 7 heteroatoms. The lowest BCUT2D eigenvalue weighted by molar-refractivity contribution is -0.255. The number of nitrogens with one attached hydrogen (secondary N) is 1. The van der Waals surface area contributed by atoms with Gasteiger partial charge in [0, 0.05) is 18.7 Å². The van der Waals surface area contributed by atoms with Crippen LogP contribution < -0.4 is 9.83 Å². The summed E-state index contributed by atoms with van der Waals surface area (Å²) in [7, 11) is -3.76. The second kappa shape index (κ2) is 5.94. The first-order valence-electron chi connectivity index (χ1n) is 5.31. The maximum atomic E-state index is 11.8. The molecule has 0 aliphatic carbocycles.